The van der Waals surface area contributed by atoms with E-state index in [1.54, 1.807) is 11.8 Å². The number of piperazine rings is 1. The van der Waals surface area contributed by atoms with Gasteiger partial charge in [0.25, 0.3) is 0 Å². The summed E-state index contributed by atoms with van der Waals surface area (Å²) in [6, 6.07) is 0.867. The molecule has 3 atom stereocenters. The monoisotopic (exact) mass is 229 g/mol. The van der Waals surface area contributed by atoms with Crippen LogP contribution in [0.25, 0.3) is 0 Å². The minimum atomic E-state index is 0.0486. The Balaban J connectivity index is 1.93. The first-order valence-corrected chi connectivity index (χ1v) is 6.68. The third-order valence-corrected chi connectivity index (χ3v) is 3.82. The van der Waals surface area contributed by atoms with E-state index in [9.17, 15) is 4.79 Å². The number of nitrogens with zero attached hydrogens (tertiary/aromatic N) is 1. The zero-order valence-corrected chi connectivity index (χ0v) is 10.1. The minimum Gasteiger partial charge on any atom is -0.338 e. The van der Waals surface area contributed by atoms with Gasteiger partial charge in [-0.05, 0) is 13.8 Å². The molecule has 86 valence electrons. The average molecular weight is 229 g/mol. The number of thioether (sulfide) groups is 1. The van der Waals surface area contributed by atoms with Gasteiger partial charge in [-0.1, -0.05) is 0 Å². The van der Waals surface area contributed by atoms with Crippen LogP contribution in [0.4, 0.5) is 0 Å². The molecule has 0 spiro atoms. The Labute approximate surface area is 95.2 Å². The quantitative estimate of drug-likeness (QED) is 0.657. The van der Waals surface area contributed by atoms with Crippen molar-refractivity contribution in [2.45, 2.75) is 32.0 Å². The van der Waals surface area contributed by atoms with Gasteiger partial charge in [0, 0.05) is 36.8 Å². The molecule has 4 nitrogen and oxygen atoms in total. The highest BCUT2D eigenvalue weighted by Gasteiger charge is 2.31. The predicted molar refractivity (Wildman–Crippen MR) is 62.9 cm³/mol. The number of hydrogen-bond donors (Lipinski definition) is 2. The number of amides is 1. The third kappa shape index (κ3) is 2.65. The Hall–Kier alpha value is -0.260. The highest BCUT2D eigenvalue weighted by molar-refractivity contribution is 7.99. The molecular formula is C10H19N3OS. The largest absolute Gasteiger partial charge is 0.338 e. The number of carbonyl (C=O) groups excluding carboxylic acids is 1. The van der Waals surface area contributed by atoms with Crippen molar-refractivity contribution in [2.75, 3.05) is 24.7 Å². The van der Waals surface area contributed by atoms with Gasteiger partial charge in [-0.2, -0.15) is 0 Å². The maximum atomic E-state index is 12.1. The van der Waals surface area contributed by atoms with Crippen LogP contribution in [-0.4, -0.2) is 53.7 Å². The lowest BCUT2D eigenvalue weighted by atomic mass is 10.1. The van der Waals surface area contributed by atoms with Crippen molar-refractivity contribution in [1.82, 2.24) is 15.5 Å². The van der Waals surface area contributed by atoms with Crippen molar-refractivity contribution in [2.24, 2.45) is 0 Å². The summed E-state index contributed by atoms with van der Waals surface area (Å²) in [7, 11) is 0. The molecule has 2 fully saturated rings. The molecule has 2 aliphatic heterocycles. The van der Waals surface area contributed by atoms with Gasteiger partial charge in [0.15, 0.2) is 0 Å². The van der Waals surface area contributed by atoms with E-state index >= 15 is 0 Å². The van der Waals surface area contributed by atoms with E-state index in [0.29, 0.717) is 12.1 Å². The zero-order valence-electron chi connectivity index (χ0n) is 9.32. The van der Waals surface area contributed by atoms with Crippen LogP contribution in [0.1, 0.15) is 13.8 Å². The maximum Gasteiger partial charge on any atom is 0.240 e. The van der Waals surface area contributed by atoms with Crippen molar-refractivity contribution in [1.29, 1.82) is 0 Å². The molecule has 0 saturated carbocycles. The van der Waals surface area contributed by atoms with E-state index in [1.165, 1.54) is 0 Å². The molecule has 0 bridgehead atoms. The summed E-state index contributed by atoms with van der Waals surface area (Å²) in [6.45, 7) is 5.94. The number of nitrogens with one attached hydrogen (secondary N) is 2. The SMILES string of the molecule is CC1CN(C(=O)C2CSCN2)CC(C)N1. The molecule has 2 aliphatic rings. The van der Waals surface area contributed by atoms with E-state index in [4.69, 9.17) is 0 Å². The van der Waals surface area contributed by atoms with Gasteiger partial charge in [-0.3, -0.25) is 10.1 Å². The van der Waals surface area contributed by atoms with Crippen molar-refractivity contribution in [3.8, 4) is 0 Å². The summed E-state index contributed by atoms with van der Waals surface area (Å²) in [5.41, 5.74) is 0. The molecule has 0 aromatic rings. The molecule has 0 aromatic carbocycles. The second-order valence-corrected chi connectivity index (χ2v) is 5.51. The Morgan fingerprint density at radius 1 is 1.33 bits per heavy atom. The fraction of sp³-hybridized carbons (Fsp3) is 0.900. The molecule has 2 rings (SSSR count). The highest BCUT2D eigenvalue weighted by atomic mass is 32.2. The van der Waals surface area contributed by atoms with Gasteiger partial charge in [0.2, 0.25) is 5.91 Å². The van der Waals surface area contributed by atoms with Gasteiger partial charge < -0.3 is 10.2 Å². The molecule has 2 heterocycles. The third-order valence-electron chi connectivity index (χ3n) is 2.88. The molecule has 0 aromatic heterocycles. The Kier molecular flexibility index (Phi) is 3.53. The topological polar surface area (TPSA) is 44.4 Å². The first-order chi connectivity index (χ1) is 7.16. The number of hydrogen-bond acceptors (Lipinski definition) is 4. The second-order valence-electron chi connectivity index (χ2n) is 4.48. The first kappa shape index (κ1) is 11.2. The molecule has 0 aliphatic carbocycles. The van der Waals surface area contributed by atoms with E-state index in [-0.39, 0.29) is 11.9 Å². The van der Waals surface area contributed by atoms with Crippen LogP contribution in [0.3, 0.4) is 0 Å². The molecule has 3 unspecified atom stereocenters. The Bertz CT molecular complexity index is 233. The highest BCUT2D eigenvalue weighted by Crippen LogP contribution is 2.14. The van der Waals surface area contributed by atoms with Crippen molar-refractivity contribution in [3.05, 3.63) is 0 Å². The minimum absolute atomic E-state index is 0.0486. The Morgan fingerprint density at radius 2 is 2.00 bits per heavy atom. The molecule has 1 amide bonds. The molecular weight excluding hydrogens is 210 g/mol. The zero-order chi connectivity index (χ0) is 10.8. The number of rotatable bonds is 1. The van der Waals surface area contributed by atoms with Gasteiger partial charge in [-0.15, -0.1) is 11.8 Å². The molecule has 15 heavy (non-hydrogen) atoms. The fourth-order valence-electron chi connectivity index (χ4n) is 2.28. The van der Waals surface area contributed by atoms with Crippen LogP contribution in [-0.2, 0) is 4.79 Å². The number of carbonyl (C=O) groups is 1. The van der Waals surface area contributed by atoms with Crippen LogP contribution in [0.15, 0.2) is 0 Å². The van der Waals surface area contributed by atoms with Gasteiger partial charge in [0.1, 0.15) is 0 Å². The summed E-state index contributed by atoms with van der Waals surface area (Å²) >= 11 is 1.80. The standard InChI is InChI=1S/C10H19N3OS/c1-7-3-13(4-8(2)12-7)10(14)9-5-15-6-11-9/h7-9,11-12H,3-6H2,1-2H3. The summed E-state index contributed by atoms with van der Waals surface area (Å²) in [6.07, 6.45) is 0. The van der Waals surface area contributed by atoms with Crippen LogP contribution in [0.5, 0.6) is 0 Å². The lowest BCUT2D eigenvalue weighted by Gasteiger charge is -2.37. The summed E-state index contributed by atoms with van der Waals surface area (Å²) < 4.78 is 0. The Morgan fingerprint density at radius 3 is 2.53 bits per heavy atom. The van der Waals surface area contributed by atoms with Gasteiger partial charge >= 0.3 is 0 Å². The van der Waals surface area contributed by atoms with Crippen molar-refractivity contribution < 1.29 is 4.79 Å². The molecule has 0 radical (unpaired) electrons. The van der Waals surface area contributed by atoms with E-state index in [1.807, 2.05) is 4.90 Å². The first-order valence-electron chi connectivity index (χ1n) is 5.53. The normalized spacial score (nSPS) is 36.9. The predicted octanol–water partition coefficient (Wildman–Crippen LogP) is -0.142. The molecule has 2 saturated heterocycles. The van der Waals surface area contributed by atoms with E-state index < -0.39 is 0 Å². The molecule has 5 heteroatoms. The summed E-state index contributed by atoms with van der Waals surface area (Å²) in [5.74, 6) is 2.11. The summed E-state index contributed by atoms with van der Waals surface area (Å²) in [4.78, 5) is 14.1. The van der Waals surface area contributed by atoms with E-state index in [0.717, 1.165) is 24.7 Å². The van der Waals surface area contributed by atoms with Gasteiger partial charge in [0.05, 0.1) is 6.04 Å². The lowest BCUT2D eigenvalue weighted by Crippen LogP contribution is -2.58. The van der Waals surface area contributed by atoms with Crippen molar-refractivity contribution >= 4 is 17.7 Å². The van der Waals surface area contributed by atoms with Crippen LogP contribution >= 0.6 is 11.8 Å². The van der Waals surface area contributed by atoms with Crippen molar-refractivity contribution in [3.63, 3.8) is 0 Å². The van der Waals surface area contributed by atoms with E-state index in [2.05, 4.69) is 24.5 Å². The van der Waals surface area contributed by atoms with Crippen LogP contribution in [0.2, 0.25) is 0 Å². The fourth-order valence-corrected chi connectivity index (χ4v) is 3.21. The summed E-state index contributed by atoms with van der Waals surface area (Å²) in [5, 5.41) is 6.67. The lowest BCUT2D eigenvalue weighted by molar-refractivity contribution is -0.134. The molecule has 2 N–H and O–H groups in total. The smallest absolute Gasteiger partial charge is 0.240 e. The maximum absolute atomic E-state index is 12.1. The van der Waals surface area contributed by atoms with Crippen LogP contribution in [0, 0.1) is 0 Å². The second kappa shape index (κ2) is 4.72. The van der Waals surface area contributed by atoms with Gasteiger partial charge in [-0.25, -0.2) is 0 Å². The average Bonchev–Trinajstić information content (AvgIpc) is 2.67. The van der Waals surface area contributed by atoms with Crippen LogP contribution < -0.4 is 10.6 Å².